The second-order valence-corrected chi connectivity index (χ2v) is 4.67. The molecular formula is C13H21NO. The molecule has 1 rings (SSSR count). The molecule has 1 atom stereocenters. The average molecular weight is 207 g/mol. The van der Waals surface area contributed by atoms with Gasteiger partial charge in [0.2, 0.25) is 0 Å². The van der Waals surface area contributed by atoms with E-state index in [2.05, 4.69) is 32.9 Å². The SMILES string of the molecule is Cc1cc(C)c(C(C)(CN)CO)cc1C. The van der Waals surface area contributed by atoms with E-state index in [4.69, 9.17) is 5.73 Å². The summed E-state index contributed by atoms with van der Waals surface area (Å²) in [5.41, 5.74) is 10.3. The minimum absolute atomic E-state index is 0.0901. The molecule has 15 heavy (non-hydrogen) atoms. The zero-order valence-electron chi connectivity index (χ0n) is 10.1. The average Bonchev–Trinajstić information content (AvgIpc) is 2.22. The highest BCUT2D eigenvalue weighted by atomic mass is 16.3. The van der Waals surface area contributed by atoms with E-state index in [1.807, 2.05) is 6.92 Å². The topological polar surface area (TPSA) is 46.2 Å². The molecule has 0 aliphatic rings. The molecule has 0 saturated heterocycles. The van der Waals surface area contributed by atoms with Crippen molar-refractivity contribution in [2.24, 2.45) is 5.73 Å². The molecule has 1 aromatic carbocycles. The van der Waals surface area contributed by atoms with Crippen molar-refractivity contribution in [3.63, 3.8) is 0 Å². The van der Waals surface area contributed by atoms with Crippen LogP contribution in [0.25, 0.3) is 0 Å². The van der Waals surface area contributed by atoms with Crippen molar-refractivity contribution in [2.45, 2.75) is 33.1 Å². The molecule has 2 nitrogen and oxygen atoms in total. The summed E-state index contributed by atoms with van der Waals surface area (Å²) in [5.74, 6) is 0. The van der Waals surface area contributed by atoms with E-state index in [0.29, 0.717) is 6.54 Å². The van der Waals surface area contributed by atoms with Gasteiger partial charge >= 0.3 is 0 Å². The largest absolute Gasteiger partial charge is 0.395 e. The summed E-state index contributed by atoms with van der Waals surface area (Å²) in [4.78, 5) is 0. The van der Waals surface area contributed by atoms with Crippen LogP contribution < -0.4 is 5.73 Å². The van der Waals surface area contributed by atoms with E-state index in [1.54, 1.807) is 0 Å². The summed E-state index contributed by atoms with van der Waals surface area (Å²) in [7, 11) is 0. The Morgan fingerprint density at radius 2 is 1.67 bits per heavy atom. The van der Waals surface area contributed by atoms with E-state index in [-0.39, 0.29) is 12.0 Å². The Hall–Kier alpha value is -0.860. The predicted octanol–water partition coefficient (Wildman–Crippen LogP) is 1.82. The Morgan fingerprint density at radius 1 is 1.13 bits per heavy atom. The first-order valence-corrected chi connectivity index (χ1v) is 5.34. The molecule has 1 aromatic rings. The van der Waals surface area contributed by atoms with Crippen LogP contribution in [0.3, 0.4) is 0 Å². The quantitative estimate of drug-likeness (QED) is 0.794. The van der Waals surface area contributed by atoms with Crippen LogP contribution in [0.4, 0.5) is 0 Å². The second kappa shape index (κ2) is 4.33. The number of aliphatic hydroxyl groups excluding tert-OH is 1. The number of aliphatic hydroxyl groups is 1. The van der Waals surface area contributed by atoms with Crippen LogP contribution in [0.15, 0.2) is 12.1 Å². The molecule has 0 fully saturated rings. The number of hydrogen-bond acceptors (Lipinski definition) is 2. The molecule has 0 heterocycles. The molecule has 2 heteroatoms. The van der Waals surface area contributed by atoms with Crippen LogP contribution in [0, 0.1) is 20.8 Å². The van der Waals surface area contributed by atoms with Gasteiger partial charge in [0.1, 0.15) is 0 Å². The minimum atomic E-state index is -0.317. The third-order valence-corrected chi connectivity index (χ3v) is 3.29. The van der Waals surface area contributed by atoms with Gasteiger partial charge in [-0.25, -0.2) is 0 Å². The van der Waals surface area contributed by atoms with Gasteiger partial charge < -0.3 is 10.8 Å². The van der Waals surface area contributed by atoms with Crippen LogP contribution in [0.5, 0.6) is 0 Å². The van der Waals surface area contributed by atoms with Crippen LogP contribution in [0.2, 0.25) is 0 Å². The number of aryl methyl sites for hydroxylation is 3. The predicted molar refractivity (Wildman–Crippen MR) is 64.1 cm³/mol. The number of nitrogens with two attached hydrogens (primary N) is 1. The van der Waals surface area contributed by atoms with Gasteiger partial charge in [0.25, 0.3) is 0 Å². The van der Waals surface area contributed by atoms with Crippen LogP contribution in [-0.4, -0.2) is 18.3 Å². The van der Waals surface area contributed by atoms with Crippen LogP contribution in [-0.2, 0) is 5.41 Å². The lowest BCUT2D eigenvalue weighted by molar-refractivity contribution is 0.209. The van der Waals surface area contributed by atoms with Crippen LogP contribution >= 0.6 is 0 Å². The zero-order valence-corrected chi connectivity index (χ0v) is 10.1. The third-order valence-electron chi connectivity index (χ3n) is 3.29. The highest BCUT2D eigenvalue weighted by molar-refractivity contribution is 5.41. The molecule has 1 unspecified atom stereocenters. The fourth-order valence-corrected chi connectivity index (χ4v) is 1.87. The van der Waals surface area contributed by atoms with Crippen molar-refractivity contribution in [1.82, 2.24) is 0 Å². The Balaban J connectivity index is 3.30. The number of hydrogen-bond donors (Lipinski definition) is 2. The highest BCUT2D eigenvalue weighted by Crippen LogP contribution is 2.27. The van der Waals surface area contributed by atoms with Crippen molar-refractivity contribution in [1.29, 1.82) is 0 Å². The van der Waals surface area contributed by atoms with Gasteiger partial charge in [-0.1, -0.05) is 19.1 Å². The molecule has 84 valence electrons. The molecule has 0 aliphatic carbocycles. The number of rotatable bonds is 3. The summed E-state index contributed by atoms with van der Waals surface area (Å²) < 4.78 is 0. The van der Waals surface area contributed by atoms with Crippen LogP contribution in [0.1, 0.15) is 29.2 Å². The third kappa shape index (κ3) is 2.21. The maximum absolute atomic E-state index is 9.44. The summed E-state index contributed by atoms with van der Waals surface area (Å²) in [6, 6.07) is 4.31. The van der Waals surface area contributed by atoms with E-state index in [9.17, 15) is 5.11 Å². The Kier molecular flexibility index (Phi) is 3.53. The van der Waals surface area contributed by atoms with Gasteiger partial charge in [-0.2, -0.15) is 0 Å². The fraction of sp³-hybridized carbons (Fsp3) is 0.538. The van der Waals surface area contributed by atoms with Gasteiger partial charge in [-0.05, 0) is 43.0 Å². The van der Waals surface area contributed by atoms with Gasteiger partial charge in [0, 0.05) is 12.0 Å². The van der Waals surface area contributed by atoms with Crippen molar-refractivity contribution < 1.29 is 5.11 Å². The Morgan fingerprint density at radius 3 is 2.13 bits per heavy atom. The lowest BCUT2D eigenvalue weighted by Crippen LogP contribution is -2.36. The summed E-state index contributed by atoms with van der Waals surface area (Å²) in [6.45, 7) is 8.83. The Labute approximate surface area is 92.1 Å². The molecule has 0 amide bonds. The normalized spacial score (nSPS) is 15.1. The van der Waals surface area contributed by atoms with Gasteiger partial charge in [0.05, 0.1) is 6.61 Å². The lowest BCUT2D eigenvalue weighted by Gasteiger charge is -2.28. The molecular weight excluding hydrogens is 186 g/mol. The lowest BCUT2D eigenvalue weighted by atomic mass is 9.79. The molecule has 0 radical (unpaired) electrons. The van der Waals surface area contributed by atoms with E-state index in [1.165, 1.54) is 16.7 Å². The summed E-state index contributed by atoms with van der Waals surface area (Å²) in [6.07, 6.45) is 0. The van der Waals surface area contributed by atoms with Crippen molar-refractivity contribution in [3.8, 4) is 0 Å². The van der Waals surface area contributed by atoms with Gasteiger partial charge in [-0.3, -0.25) is 0 Å². The smallest absolute Gasteiger partial charge is 0.0537 e. The molecule has 3 N–H and O–H groups in total. The molecule has 0 bridgehead atoms. The standard InChI is InChI=1S/C13H21NO/c1-9-5-11(3)12(6-10(9)2)13(4,7-14)8-15/h5-6,15H,7-8,14H2,1-4H3. The van der Waals surface area contributed by atoms with Crippen molar-refractivity contribution >= 4 is 0 Å². The maximum atomic E-state index is 9.44. The van der Waals surface area contributed by atoms with Gasteiger partial charge in [-0.15, -0.1) is 0 Å². The zero-order chi connectivity index (χ0) is 11.6. The van der Waals surface area contributed by atoms with Crippen molar-refractivity contribution in [3.05, 3.63) is 34.4 Å². The molecule has 0 saturated carbocycles. The fourth-order valence-electron chi connectivity index (χ4n) is 1.87. The molecule has 0 aliphatic heterocycles. The van der Waals surface area contributed by atoms with Gasteiger partial charge in [0.15, 0.2) is 0 Å². The van der Waals surface area contributed by atoms with E-state index in [0.717, 1.165) is 5.56 Å². The van der Waals surface area contributed by atoms with E-state index < -0.39 is 0 Å². The Bertz CT molecular complexity index is 354. The first kappa shape index (κ1) is 12.2. The monoisotopic (exact) mass is 207 g/mol. The summed E-state index contributed by atoms with van der Waals surface area (Å²) >= 11 is 0. The van der Waals surface area contributed by atoms with E-state index >= 15 is 0 Å². The molecule has 0 aromatic heterocycles. The number of benzene rings is 1. The maximum Gasteiger partial charge on any atom is 0.0537 e. The minimum Gasteiger partial charge on any atom is -0.395 e. The second-order valence-electron chi connectivity index (χ2n) is 4.67. The first-order chi connectivity index (χ1) is 6.94. The highest BCUT2D eigenvalue weighted by Gasteiger charge is 2.26. The summed E-state index contributed by atoms with van der Waals surface area (Å²) in [5, 5.41) is 9.44. The first-order valence-electron chi connectivity index (χ1n) is 5.34. The molecule has 0 spiro atoms. The van der Waals surface area contributed by atoms with Crippen molar-refractivity contribution in [2.75, 3.05) is 13.2 Å².